The van der Waals surface area contributed by atoms with Gasteiger partial charge in [0, 0.05) is 28.7 Å². The zero-order chi connectivity index (χ0) is 13.2. The van der Waals surface area contributed by atoms with E-state index >= 15 is 0 Å². The van der Waals surface area contributed by atoms with Gasteiger partial charge in [-0.15, -0.1) is 0 Å². The molecule has 2 atom stereocenters. The molecule has 0 aliphatic carbocycles. The summed E-state index contributed by atoms with van der Waals surface area (Å²) in [5, 5.41) is 4.77. The summed E-state index contributed by atoms with van der Waals surface area (Å²) in [4.78, 5) is 4.52. The quantitative estimate of drug-likeness (QED) is 0.908. The normalized spacial score (nSPS) is 23.5. The topological polar surface area (TPSA) is 34.2 Å². The van der Waals surface area contributed by atoms with Crippen LogP contribution in [0.2, 0.25) is 0 Å². The van der Waals surface area contributed by atoms with Crippen LogP contribution in [0.15, 0.2) is 34.9 Å². The average molecular weight is 321 g/mol. The number of hydrogen-bond acceptors (Lipinski definition) is 3. The van der Waals surface area contributed by atoms with Crippen molar-refractivity contribution in [2.75, 3.05) is 11.9 Å². The van der Waals surface area contributed by atoms with Gasteiger partial charge in [0.15, 0.2) is 0 Å². The van der Waals surface area contributed by atoms with E-state index in [9.17, 15) is 0 Å². The van der Waals surface area contributed by atoms with Gasteiger partial charge < -0.3 is 10.1 Å². The molecule has 1 aliphatic heterocycles. The van der Waals surface area contributed by atoms with Crippen LogP contribution in [0.3, 0.4) is 0 Å². The fraction of sp³-hybridized carbons (Fsp3) is 0.400. The molecule has 2 heterocycles. The van der Waals surface area contributed by atoms with Crippen molar-refractivity contribution in [1.82, 2.24) is 4.98 Å². The number of hydrogen-bond donors (Lipinski definition) is 1. The number of rotatable bonds is 2. The van der Waals surface area contributed by atoms with Gasteiger partial charge in [0.25, 0.3) is 0 Å². The molecular formula is C15H17BrN2O. The van der Waals surface area contributed by atoms with E-state index in [2.05, 4.69) is 57.4 Å². The second kappa shape index (κ2) is 5.47. The molecule has 0 radical (unpaired) electrons. The van der Waals surface area contributed by atoms with E-state index in [1.807, 2.05) is 6.20 Å². The zero-order valence-electron chi connectivity index (χ0n) is 10.9. The van der Waals surface area contributed by atoms with Crippen molar-refractivity contribution < 1.29 is 4.74 Å². The Bertz CT molecular complexity index is 587. The van der Waals surface area contributed by atoms with E-state index in [0.717, 1.165) is 40.5 Å². The van der Waals surface area contributed by atoms with Gasteiger partial charge in [0.05, 0.1) is 17.3 Å². The number of ether oxygens (including phenoxy) is 1. The third-order valence-electron chi connectivity index (χ3n) is 3.52. The Morgan fingerprint density at radius 2 is 2.32 bits per heavy atom. The first-order valence-electron chi connectivity index (χ1n) is 6.65. The molecular weight excluding hydrogens is 304 g/mol. The Balaban J connectivity index is 1.88. The smallest absolute Gasteiger partial charge is 0.0934 e. The third kappa shape index (κ3) is 2.90. The molecule has 1 saturated heterocycles. The molecule has 1 aliphatic rings. The number of para-hydroxylation sites is 1. The van der Waals surface area contributed by atoms with E-state index in [-0.39, 0.29) is 0 Å². The number of halogens is 1. The van der Waals surface area contributed by atoms with Gasteiger partial charge in [-0.05, 0) is 47.8 Å². The molecule has 1 fully saturated rings. The first-order chi connectivity index (χ1) is 9.22. The van der Waals surface area contributed by atoms with E-state index < -0.39 is 0 Å². The zero-order valence-corrected chi connectivity index (χ0v) is 12.5. The first-order valence-corrected chi connectivity index (χ1v) is 7.44. The Morgan fingerprint density at radius 1 is 1.42 bits per heavy atom. The van der Waals surface area contributed by atoms with Crippen LogP contribution in [0, 0.1) is 0 Å². The van der Waals surface area contributed by atoms with Crippen molar-refractivity contribution in [3.8, 4) is 0 Å². The lowest BCUT2D eigenvalue weighted by Gasteiger charge is -2.29. The number of nitrogens with zero attached hydrogens (tertiary/aromatic N) is 1. The Morgan fingerprint density at radius 3 is 3.16 bits per heavy atom. The van der Waals surface area contributed by atoms with E-state index in [0.29, 0.717) is 12.1 Å². The number of aromatic nitrogens is 1. The largest absolute Gasteiger partial charge is 0.380 e. The SMILES string of the molecule is CC1CC(Nc2cccc3cc(Br)cnc23)CCO1. The lowest BCUT2D eigenvalue weighted by molar-refractivity contribution is 0.0232. The standard InChI is InChI=1S/C15H17BrN2O/c1-10-7-13(5-6-19-10)18-14-4-2-3-11-8-12(16)9-17-15(11)14/h2-4,8-10,13,18H,5-7H2,1H3. The highest BCUT2D eigenvalue weighted by Crippen LogP contribution is 2.26. The first kappa shape index (κ1) is 12.9. The van der Waals surface area contributed by atoms with Gasteiger partial charge >= 0.3 is 0 Å². The fourth-order valence-corrected chi connectivity index (χ4v) is 2.95. The molecule has 3 nitrogen and oxygen atoms in total. The van der Waals surface area contributed by atoms with Gasteiger partial charge in [0.1, 0.15) is 0 Å². The summed E-state index contributed by atoms with van der Waals surface area (Å²) in [6, 6.07) is 8.83. The van der Waals surface area contributed by atoms with Crippen LogP contribution in [0.1, 0.15) is 19.8 Å². The van der Waals surface area contributed by atoms with Crippen molar-refractivity contribution in [3.05, 3.63) is 34.9 Å². The molecule has 19 heavy (non-hydrogen) atoms. The minimum Gasteiger partial charge on any atom is -0.380 e. The molecule has 0 saturated carbocycles. The van der Waals surface area contributed by atoms with Crippen LogP contribution >= 0.6 is 15.9 Å². The number of fused-ring (bicyclic) bond motifs is 1. The monoisotopic (exact) mass is 320 g/mol. The van der Waals surface area contributed by atoms with Crippen LogP contribution in [-0.2, 0) is 4.74 Å². The van der Waals surface area contributed by atoms with E-state index in [1.165, 1.54) is 0 Å². The maximum absolute atomic E-state index is 5.59. The van der Waals surface area contributed by atoms with Crippen molar-refractivity contribution in [1.29, 1.82) is 0 Å². The fourth-order valence-electron chi connectivity index (χ4n) is 2.60. The molecule has 100 valence electrons. The molecule has 4 heteroatoms. The van der Waals surface area contributed by atoms with Crippen LogP contribution < -0.4 is 5.32 Å². The van der Waals surface area contributed by atoms with Crippen molar-refractivity contribution in [3.63, 3.8) is 0 Å². The van der Waals surface area contributed by atoms with E-state index in [4.69, 9.17) is 4.74 Å². The molecule has 2 unspecified atom stereocenters. The predicted molar refractivity (Wildman–Crippen MR) is 81.5 cm³/mol. The van der Waals surface area contributed by atoms with Gasteiger partial charge in [-0.25, -0.2) is 0 Å². The highest BCUT2D eigenvalue weighted by molar-refractivity contribution is 9.10. The maximum atomic E-state index is 5.59. The number of benzene rings is 1. The molecule has 1 aromatic carbocycles. The number of anilines is 1. The Hall–Kier alpha value is -1.13. The van der Waals surface area contributed by atoms with Crippen molar-refractivity contribution in [2.45, 2.75) is 31.9 Å². The Labute approximate surface area is 121 Å². The highest BCUT2D eigenvalue weighted by Gasteiger charge is 2.19. The van der Waals surface area contributed by atoms with Crippen LogP contribution in [0.25, 0.3) is 10.9 Å². The van der Waals surface area contributed by atoms with Crippen molar-refractivity contribution >= 4 is 32.5 Å². The number of pyridine rings is 1. The Kier molecular flexibility index (Phi) is 3.71. The summed E-state index contributed by atoms with van der Waals surface area (Å²) in [6.07, 6.45) is 4.29. The average Bonchev–Trinajstić information content (AvgIpc) is 2.38. The van der Waals surface area contributed by atoms with Crippen LogP contribution in [-0.4, -0.2) is 23.7 Å². The van der Waals surface area contributed by atoms with E-state index in [1.54, 1.807) is 0 Å². The lowest BCUT2D eigenvalue weighted by atomic mass is 10.0. The van der Waals surface area contributed by atoms with Gasteiger partial charge in [-0.1, -0.05) is 12.1 Å². The molecule has 0 bridgehead atoms. The third-order valence-corrected chi connectivity index (χ3v) is 3.96. The predicted octanol–water partition coefficient (Wildman–Crippen LogP) is 3.98. The molecule has 1 aromatic heterocycles. The summed E-state index contributed by atoms with van der Waals surface area (Å²) in [5.74, 6) is 0. The minimum atomic E-state index is 0.336. The van der Waals surface area contributed by atoms with Gasteiger partial charge in [0.2, 0.25) is 0 Å². The summed E-state index contributed by atoms with van der Waals surface area (Å²) in [5.41, 5.74) is 2.15. The van der Waals surface area contributed by atoms with Gasteiger partial charge in [-0.2, -0.15) is 0 Å². The highest BCUT2D eigenvalue weighted by atomic mass is 79.9. The van der Waals surface area contributed by atoms with Crippen LogP contribution in [0.4, 0.5) is 5.69 Å². The van der Waals surface area contributed by atoms with Crippen molar-refractivity contribution in [2.24, 2.45) is 0 Å². The molecule has 2 aromatic rings. The summed E-state index contributed by atoms with van der Waals surface area (Å²) in [6.45, 7) is 2.97. The number of nitrogens with one attached hydrogen (secondary N) is 1. The van der Waals surface area contributed by atoms with Crippen LogP contribution in [0.5, 0.6) is 0 Å². The molecule has 1 N–H and O–H groups in total. The van der Waals surface area contributed by atoms with Gasteiger partial charge in [-0.3, -0.25) is 4.98 Å². The maximum Gasteiger partial charge on any atom is 0.0934 e. The summed E-state index contributed by atoms with van der Waals surface area (Å²) < 4.78 is 6.60. The second-order valence-corrected chi connectivity index (χ2v) is 5.99. The molecule has 0 amide bonds. The lowest BCUT2D eigenvalue weighted by Crippen LogP contribution is -2.32. The summed E-state index contributed by atoms with van der Waals surface area (Å²) in [7, 11) is 0. The molecule has 0 spiro atoms. The molecule has 3 rings (SSSR count). The summed E-state index contributed by atoms with van der Waals surface area (Å²) >= 11 is 3.46. The minimum absolute atomic E-state index is 0.336. The second-order valence-electron chi connectivity index (χ2n) is 5.08.